The molecule has 6 aliphatic rings. The topological polar surface area (TPSA) is 43.8 Å². The molecule has 0 bridgehead atoms. The average Bonchev–Trinajstić information content (AvgIpc) is 3.55. The van der Waals surface area contributed by atoms with E-state index >= 15 is 0 Å². The molecule has 1 amide bonds. The predicted octanol–water partition coefficient (Wildman–Crippen LogP) is 6.06. The van der Waals surface area contributed by atoms with Gasteiger partial charge in [0.15, 0.2) is 0 Å². The molecule has 2 aliphatic heterocycles. The third-order valence-corrected chi connectivity index (χ3v) is 13.0. The number of likely N-dealkylation sites (tertiary alicyclic amines) is 2. The van der Waals surface area contributed by atoms with Crippen LogP contribution in [0.3, 0.4) is 0 Å². The van der Waals surface area contributed by atoms with Crippen molar-refractivity contribution in [2.45, 2.75) is 104 Å². The molecule has 2 heterocycles. The van der Waals surface area contributed by atoms with Crippen LogP contribution in [0.5, 0.6) is 0 Å². The number of hydrogen-bond acceptors (Lipinski definition) is 3. The maximum Gasteiger partial charge on any atom is 0.222 e. The molecule has 0 radical (unpaired) electrons. The van der Waals surface area contributed by atoms with E-state index in [0.717, 1.165) is 75.5 Å². The molecule has 37 heavy (non-hydrogen) atoms. The Kier molecular flexibility index (Phi) is 6.92. The van der Waals surface area contributed by atoms with E-state index in [4.69, 9.17) is 0 Å². The molecule has 1 N–H and O–H groups in total. The van der Waals surface area contributed by atoms with Crippen molar-refractivity contribution in [1.29, 1.82) is 0 Å². The zero-order valence-corrected chi connectivity index (χ0v) is 23.8. The number of aliphatic hydroxyl groups excluding tert-OH is 1. The van der Waals surface area contributed by atoms with Crippen LogP contribution < -0.4 is 0 Å². The van der Waals surface area contributed by atoms with Crippen LogP contribution in [-0.4, -0.2) is 59.1 Å². The van der Waals surface area contributed by atoms with Crippen molar-refractivity contribution in [3.05, 3.63) is 24.3 Å². The van der Waals surface area contributed by atoms with Crippen LogP contribution in [0.2, 0.25) is 0 Å². The van der Waals surface area contributed by atoms with Gasteiger partial charge in [-0.1, -0.05) is 38.5 Å². The van der Waals surface area contributed by atoms with E-state index in [0.29, 0.717) is 34.6 Å². The number of amides is 1. The maximum absolute atomic E-state index is 13.4. The Labute approximate surface area is 225 Å². The van der Waals surface area contributed by atoms with E-state index in [2.05, 4.69) is 43.2 Å². The first-order valence-electron chi connectivity index (χ1n) is 15.7. The number of hydrogen-bond donors (Lipinski definition) is 1. The summed E-state index contributed by atoms with van der Waals surface area (Å²) in [5.74, 6) is 4.95. The van der Waals surface area contributed by atoms with Crippen molar-refractivity contribution < 1.29 is 9.90 Å². The van der Waals surface area contributed by atoms with Gasteiger partial charge in [-0.25, -0.2) is 0 Å². The molecule has 4 heteroatoms. The zero-order valence-electron chi connectivity index (χ0n) is 23.8. The number of carbonyl (C=O) groups excluding carboxylic acids is 1. The van der Waals surface area contributed by atoms with E-state index < -0.39 is 0 Å². The van der Waals surface area contributed by atoms with Crippen molar-refractivity contribution in [1.82, 2.24) is 9.80 Å². The second kappa shape index (κ2) is 9.81. The Morgan fingerprint density at radius 3 is 2.81 bits per heavy atom. The standard InChI is InChI=1S/C33H52N2O2/c1-5-17-34-20-23-14-18-35(30(23)21-34)31(37)11-6-22(2)27-9-10-28-26-8-7-24-19-25(36)12-15-32(24,3)29(26)13-16-33(27,28)4/h5,7,22-23,25-30,36H,1,6,8-21H2,2-4H3/t22-,23+,25+,26+,27-,28+,29+,30-,32+,33-/m1/s1. The summed E-state index contributed by atoms with van der Waals surface area (Å²) in [6.45, 7) is 15.6. The van der Waals surface area contributed by atoms with Crippen LogP contribution in [0, 0.1) is 46.3 Å². The molecule has 4 aliphatic carbocycles. The van der Waals surface area contributed by atoms with E-state index in [-0.39, 0.29) is 6.10 Å². The fourth-order valence-electron chi connectivity index (χ4n) is 11.0. The Hall–Kier alpha value is -1.13. The Bertz CT molecular complexity index is 929. The summed E-state index contributed by atoms with van der Waals surface area (Å²) < 4.78 is 0. The van der Waals surface area contributed by atoms with Gasteiger partial charge in [0.25, 0.3) is 0 Å². The summed E-state index contributed by atoms with van der Waals surface area (Å²) >= 11 is 0. The highest BCUT2D eigenvalue weighted by Gasteiger charge is 2.59. The Balaban J connectivity index is 1.08. The monoisotopic (exact) mass is 508 g/mol. The van der Waals surface area contributed by atoms with Gasteiger partial charge in [-0.15, -0.1) is 6.58 Å². The lowest BCUT2D eigenvalue weighted by Gasteiger charge is -2.58. The number of aliphatic hydroxyl groups is 1. The third kappa shape index (κ3) is 4.28. The molecule has 6 rings (SSSR count). The molecule has 0 spiro atoms. The predicted molar refractivity (Wildman–Crippen MR) is 150 cm³/mol. The van der Waals surface area contributed by atoms with Crippen LogP contribution in [0.1, 0.15) is 91.4 Å². The summed E-state index contributed by atoms with van der Waals surface area (Å²) in [6.07, 6.45) is 17.2. The van der Waals surface area contributed by atoms with Crippen LogP contribution in [-0.2, 0) is 4.79 Å². The van der Waals surface area contributed by atoms with Gasteiger partial charge < -0.3 is 10.0 Å². The lowest BCUT2D eigenvalue weighted by atomic mass is 9.47. The average molecular weight is 509 g/mol. The van der Waals surface area contributed by atoms with Crippen molar-refractivity contribution >= 4 is 5.91 Å². The van der Waals surface area contributed by atoms with Gasteiger partial charge in [-0.3, -0.25) is 9.69 Å². The largest absolute Gasteiger partial charge is 0.393 e. The fraction of sp³-hybridized carbons (Fsp3) is 0.848. The fourth-order valence-corrected chi connectivity index (χ4v) is 11.0. The van der Waals surface area contributed by atoms with Crippen LogP contribution in [0.4, 0.5) is 0 Å². The number of fused-ring (bicyclic) bond motifs is 6. The first-order chi connectivity index (χ1) is 17.7. The summed E-state index contributed by atoms with van der Waals surface area (Å²) in [6, 6.07) is 0.443. The van der Waals surface area contributed by atoms with E-state index in [1.54, 1.807) is 5.57 Å². The Morgan fingerprint density at radius 2 is 2.00 bits per heavy atom. The molecule has 4 nitrogen and oxygen atoms in total. The summed E-state index contributed by atoms with van der Waals surface area (Å²) in [7, 11) is 0. The minimum absolute atomic E-state index is 0.115. The Morgan fingerprint density at radius 1 is 1.16 bits per heavy atom. The molecule has 0 aromatic carbocycles. The van der Waals surface area contributed by atoms with Gasteiger partial charge in [0.05, 0.1) is 6.10 Å². The summed E-state index contributed by atoms with van der Waals surface area (Å²) in [5.41, 5.74) is 2.35. The minimum atomic E-state index is -0.115. The van der Waals surface area contributed by atoms with Crippen LogP contribution >= 0.6 is 0 Å². The van der Waals surface area contributed by atoms with Crippen LogP contribution in [0.15, 0.2) is 24.3 Å². The number of rotatable bonds is 6. The first-order valence-corrected chi connectivity index (χ1v) is 15.7. The van der Waals surface area contributed by atoms with Crippen molar-refractivity contribution in [3.63, 3.8) is 0 Å². The van der Waals surface area contributed by atoms with Crippen molar-refractivity contribution in [2.24, 2.45) is 46.3 Å². The lowest BCUT2D eigenvalue weighted by Crippen LogP contribution is -2.50. The molecule has 0 unspecified atom stereocenters. The highest BCUT2D eigenvalue weighted by molar-refractivity contribution is 5.77. The SMILES string of the molecule is C=CCN1C[C@@H]2CCN(C(=O)CC[C@@H](C)[C@H]3CC[C@H]4[C@@H]5CC=C6C[C@@H](O)CC[C@]6(C)[C@H]5CC[C@]34C)[C@@H]2C1. The van der Waals surface area contributed by atoms with Crippen molar-refractivity contribution in [3.8, 4) is 0 Å². The van der Waals surface area contributed by atoms with Gasteiger partial charge >= 0.3 is 0 Å². The first kappa shape index (κ1) is 26.1. The molecule has 0 aromatic heterocycles. The number of nitrogens with zero attached hydrogens (tertiary/aromatic N) is 2. The van der Waals surface area contributed by atoms with E-state index in [1.165, 1.54) is 44.9 Å². The van der Waals surface area contributed by atoms with Gasteiger partial charge in [-0.2, -0.15) is 0 Å². The molecular formula is C33H52N2O2. The quantitative estimate of drug-likeness (QED) is 0.444. The molecule has 3 saturated carbocycles. The normalized spacial score (nSPS) is 46.0. The number of allylic oxidation sites excluding steroid dienone is 1. The molecule has 2 saturated heterocycles. The van der Waals surface area contributed by atoms with E-state index in [1.807, 2.05) is 6.08 Å². The second-order valence-corrected chi connectivity index (χ2v) is 14.6. The molecular weight excluding hydrogens is 456 g/mol. The molecule has 206 valence electrons. The minimum Gasteiger partial charge on any atom is -0.393 e. The summed E-state index contributed by atoms with van der Waals surface area (Å²) in [5, 5.41) is 10.3. The highest BCUT2D eigenvalue weighted by atomic mass is 16.3. The number of carbonyl (C=O) groups is 1. The molecule has 0 aromatic rings. The molecule has 5 fully saturated rings. The lowest BCUT2D eigenvalue weighted by molar-refractivity contribution is -0.132. The van der Waals surface area contributed by atoms with E-state index in [9.17, 15) is 9.90 Å². The van der Waals surface area contributed by atoms with Gasteiger partial charge in [-0.05, 0) is 111 Å². The summed E-state index contributed by atoms with van der Waals surface area (Å²) in [4.78, 5) is 18.1. The molecule has 10 atom stereocenters. The van der Waals surface area contributed by atoms with Gasteiger partial charge in [0.2, 0.25) is 5.91 Å². The second-order valence-electron chi connectivity index (χ2n) is 14.6. The smallest absolute Gasteiger partial charge is 0.222 e. The van der Waals surface area contributed by atoms with Crippen molar-refractivity contribution in [2.75, 3.05) is 26.2 Å². The van der Waals surface area contributed by atoms with Crippen LogP contribution in [0.25, 0.3) is 0 Å². The highest BCUT2D eigenvalue weighted by Crippen LogP contribution is 2.67. The third-order valence-electron chi connectivity index (χ3n) is 13.0. The zero-order chi connectivity index (χ0) is 25.9. The van der Waals surface area contributed by atoms with Gasteiger partial charge in [0, 0.05) is 38.6 Å². The maximum atomic E-state index is 13.4. The van der Waals surface area contributed by atoms with Gasteiger partial charge in [0.1, 0.15) is 0 Å².